The van der Waals surface area contributed by atoms with Crippen molar-refractivity contribution in [1.82, 2.24) is 4.98 Å². The number of benzene rings is 1. The molecule has 0 radical (unpaired) electrons. The number of nitrogen functional groups attached to an aromatic ring is 1. The van der Waals surface area contributed by atoms with Gasteiger partial charge in [0.2, 0.25) is 0 Å². The monoisotopic (exact) mass is 264 g/mol. The first-order chi connectivity index (χ1) is 7.27. The molecule has 4 heteroatoms. The standard InChI is InChI=1S/C11H9BrN2O/c12-8-3-1-2-4-10(8)15-11-5-6-14-7-9(11)13/h1-7H,13H2. The Hall–Kier alpha value is -1.55. The Labute approximate surface area is 96.0 Å². The fourth-order valence-corrected chi connectivity index (χ4v) is 1.50. The summed E-state index contributed by atoms with van der Waals surface area (Å²) in [7, 11) is 0. The van der Waals surface area contributed by atoms with Crippen LogP contribution in [-0.4, -0.2) is 4.98 Å². The second-order valence-electron chi connectivity index (χ2n) is 2.95. The largest absolute Gasteiger partial charge is 0.454 e. The summed E-state index contributed by atoms with van der Waals surface area (Å²) in [5, 5.41) is 0. The fourth-order valence-electron chi connectivity index (χ4n) is 1.13. The van der Waals surface area contributed by atoms with Gasteiger partial charge in [0.05, 0.1) is 16.4 Å². The summed E-state index contributed by atoms with van der Waals surface area (Å²) >= 11 is 3.40. The van der Waals surface area contributed by atoms with Gasteiger partial charge >= 0.3 is 0 Å². The van der Waals surface area contributed by atoms with E-state index in [1.54, 1.807) is 18.5 Å². The van der Waals surface area contributed by atoms with Crippen molar-refractivity contribution < 1.29 is 4.74 Å². The Morgan fingerprint density at radius 1 is 1.13 bits per heavy atom. The summed E-state index contributed by atoms with van der Waals surface area (Å²) < 4.78 is 6.52. The van der Waals surface area contributed by atoms with Crippen molar-refractivity contribution in [3.8, 4) is 11.5 Å². The molecule has 3 nitrogen and oxygen atoms in total. The Kier molecular flexibility index (Phi) is 2.87. The van der Waals surface area contributed by atoms with Crippen LogP contribution in [0.1, 0.15) is 0 Å². The maximum atomic E-state index is 5.72. The third-order valence-electron chi connectivity index (χ3n) is 1.87. The maximum Gasteiger partial charge on any atom is 0.153 e. The van der Waals surface area contributed by atoms with E-state index in [-0.39, 0.29) is 0 Å². The molecule has 15 heavy (non-hydrogen) atoms. The van der Waals surface area contributed by atoms with Crippen LogP contribution in [0.3, 0.4) is 0 Å². The average Bonchev–Trinajstić information content (AvgIpc) is 2.24. The van der Waals surface area contributed by atoms with Gasteiger partial charge in [-0.2, -0.15) is 0 Å². The van der Waals surface area contributed by atoms with Gasteiger partial charge in [-0.1, -0.05) is 12.1 Å². The minimum atomic E-state index is 0.522. The number of anilines is 1. The molecule has 2 aromatic rings. The number of hydrogen-bond donors (Lipinski definition) is 1. The minimum absolute atomic E-state index is 0.522. The first-order valence-electron chi connectivity index (χ1n) is 4.39. The van der Waals surface area contributed by atoms with Gasteiger partial charge in [0.1, 0.15) is 5.75 Å². The molecule has 0 spiro atoms. The molecule has 0 amide bonds. The number of para-hydroxylation sites is 1. The summed E-state index contributed by atoms with van der Waals surface area (Å²) in [6.07, 6.45) is 3.20. The third kappa shape index (κ3) is 2.27. The molecule has 1 aromatic heterocycles. The predicted molar refractivity (Wildman–Crippen MR) is 62.9 cm³/mol. The van der Waals surface area contributed by atoms with E-state index in [4.69, 9.17) is 10.5 Å². The first kappa shape index (κ1) is 9.98. The lowest BCUT2D eigenvalue weighted by Crippen LogP contribution is -1.92. The number of nitrogens with two attached hydrogens (primary N) is 1. The molecule has 0 aliphatic carbocycles. The lowest BCUT2D eigenvalue weighted by atomic mass is 10.3. The van der Waals surface area contributed by atoms with Crippen LogP contribution >= 0.6 is 15.9 Å². The van der Waals surface area contributed by atoms with Gasteiger partial charge in [-0.3, -0.25) is 4.98 Å². The Balaban J connectivity index is 2.30. The summed E-state index contributed by atoms with van der Waals surface area (Å²) in [6, 6.07) is 9.33. The quantitative estimate of drug-likeness (QED) is 0.906. The number of halogens is 1. The van der Waals surface area contributed by atoms with E-state index in [2.05, 4.69) is 20.9 Å². The van der Waals surface area contributed by atoms with Crippen molar-refractivity contribution in [3.05, 3.63) is 47.2 Å². The van der Waals surface area contributed by atoms with E-state index in [9.17, 15) is 0 Å². The summed E-state index contributed by atoms with van der Waals surface area (Å²) in [4.78, 5) is 3.89. The molecule has 0 saturated carbocycles. The van der Waals surface area contributed by atoms with Gasteiger partial charge in [0, 0.05) is 12.3 Å². The summed E-state index contributed by atoms with van der Waals surface area (Å²) in [6.45, 7) is 0. The van der Waals surface area contributed by atoms with E-state index >= 15 is 0 Å². The SMILES string of the molecule is Nc1cnccc1Oc1ccccc1Br. The highest BCUT2D eigenvalue weighted by Gasteiger charge is 2.03. The molecule has 0 aliphatic heterocycles. The highest BCUT2D eigenvalue weighted by molar-refractivity contribution is 9.10. The lowest BCUT2D eigenvalue weighted by Gasteiger charge is -2.08. The summed E-state index contributed by atoms with van der Waals surface area (Å²) in [5.41, 5.74) is 6.24. The molecule has 0 aliphatic rings. The first-order valence-corrected chi connectivity index (χ1v) is 5.18. The number of ether oxygens (including phenoxy) is 1. The number of nitrogens with zero attached hydrogens (tertiary/aromatic N) is 1. The van der Waals surface area contributed by atoms with E-state index < -0.39 is 0 Å². The minimum Gasteiger partial charge on any atom is -0.454 e. The molecule has 2 rings (SSSR count). The number of aromatic nitrogens is 1. The zero-order valence-corrected chi connectivity index (χ0v) is 9.44. The Morgan fingerprint density at radius 2 is 1.93 bits per heavy atom. The van der Waals surface area contributed by atoms with Crippen LogP contribution in [0.4, 0.5) is 5.69 Å². The molecular weight excluding hydrogens is 256 g/mol. The molecule has 0 bridgehead atoms. The van der Waals surface area contributed by atoms with Gasteiger partial charge in [-0.25, -0.2) is 0 Å². The highest BCUT2D eigenvalue weighted by atomic mass is 79.9. The molecule has 0 unspecified atom stereocenters. The number of hydrogen-bond acceptors (Lipinski definition) is 3. The molecular formula is C11H9BrN2O. The van der Waals surface area contributed by atoms with Crippen LogP contribution < -0.4 is 10.5 Å². The van der Waals surface area contributed by atoms with E-state index in [0.717, 1.165) is 10.2 Å². The van der Waals surface area contributed by atoms with E-state index in [1.165, 1.54) is 0 Å². The van der Waals surface area contributed by atoms with Crippen molar-refractivity contribution in [2.75, 3.05) is 5.73 Å². The predicted octanol–water partition coefficient (Wildman–Crippen LogP) is 3.22. The van der Waals surface area contributed by atoms with Crippen LogP contribution in [0.25, 0.3) is 0 Å². The van der Waals surface area contributed by atoms with Crippen LogP contribution in [-0.2, 0) is 0 Å². The second-order valence-corrected chi connectivity index (χ2v) is 3.80. The molecule has 0 atom stereocenters. The summed E-state index contributed by atoms with van der Waals surface area (Å²) in [5.74, 6) is 1.34. The maximum absolute atomic E-state index is 5.72. The van der Waals surface area contributed by atoms with Crippen LogP contribution in [0.15, 0.2) is 47.2 Å². The molecule has 1 heterocycles. The second kappa shape index (κ2) is 4.31. The van der Waals surface area contributed by atoms with Crippen LogP contribution in [0.2, 0.25) is 0 Å². The molecule has 0 fully saturated rings. The Morgan fingerprint density at radius 3 is 2.67 bits per heavy atom. The lowest BCUT2D eigenvalue weighted by molar-refractivity contribution is 0.481. The van der Waals surface area contributed by atoms with Crippen molar-refractivity contribution in [1.29, 1.82) is 0 Å². The van der Waals surface area contributed by atoms with Crippen molar-refractivity contribution in [3.63, 3.8) is 0 Å². The van der Waals surface area contributed by atoms with Gasteiger partial charge in [-0.05, 0) is 28.1 Å². The zero-order valence-electron chi connectivity index (χ0n) is 7.85. The fraction of sp³-hybridized carbons (Fsp3) is 0. The molecule has 0 saturated heterocycles. The van der Waals surface area contributed by atoms with Gasteiger partial charge < -0.3 is 10.5 Å². The highest BCUT2D eigenvalue weighted by Crippen LogP contribution is 2.31. The molecule has 1 aromatic carbocycles. The smallest absolute Gasteiger partial charge is 0.153 e. The Bertz CT molecular complexity index is 430. The van der Waals surface area contributed by atoms with Gasteiger partial charge in [-0.15, -0.1) is 0 Å². The third-order valence-corrected chi connectivity index (χ3v) is 2.52. The van der Waals surface area contributed by atoms with Crippen LogP contribution in [0, 0.1) is 0 Å². The topological polar surface area (TPSA) is 48.1 Å². The number of rotatable bonds is 2. The van der Waals surface area contributed by atoms with Gasteiger partial charge in [0.15, 0.2) is 5.75 Å². The van der Waals surface area contributed by atoms with Crippen molar-refractivity contribution in [2.24, 2.45) is 0 Å². The van der Waals surface area contributed by atoms with Crippen molar-refractivity contribution >= 4 is 21.6 Å². The number of pyridine rings is 1. The van der Waals surface area contributed by atoms with Crippen molar-refractivity contribution in [2.45, 2.75) is 0 Å². The average molecular weight is 265 g/mol. The molecule has 76 valence electrons. The van der Waals surface area contributed by atoms with E-state index in [0.29, 0.717) is 11.4 Å². The van der Waals surface area contributed by atoms with Gasteiger partial charge in [0.25, 0.3) is 0 Å². The zero-order chi connectivity index (χ0) is 10.7. The molecule has 2 N–H and O–H groups in total. The van der Waals surface area contributed by atoms with E-state index in [1.807, 2.05) is 24.3 Å². The van der Waals surface area contributed by atoms with Crippen LogP contribution in [0.5, 0.6) is 11.5 Å². The normalized spacial score (nSPS) is 9.93.